The second-order valence-corrected chi connectivity index (χ2v) is 4.92. The third-order valence-corrected chi connectivity index (χ3v) is 3.66. The molecule has 0 saturated carbocycles. The average molecular weight is 406 g/mol. The lowest BCUT2D eigenvalue weighted by molar-refractivity contribution is -0.142. The van der Waals surface area contributed by atoms with Gasteiger partial charge in [0.15, 0.2) is 5.96 Å². The van der Waals surface area contributed by atoms with Gasteiger partial charge in [0.1, 0.15) is 6.10 Å². The summed E-state index contributed by atoms with van der Waals surface area (Å²) in [5.74, 6) is 3.47. The minimum Gasteiger partial charge on any atom is -0.368 e. The number of aliphatic imine (C=N–C) groups is 1. The van der Waals surface area contributed by atoms with Crippen molar-refractivity contribution in [3.8, 4) is 12.3 Å². The number of halogens is 1. The van der Waals surface area contributed by atoms with E-state index in [-0.39, 0.29) is 36.0 Å². The van der Waals surface area contributed by atoms with Crippen LogP contribution < -0.4 is 5.32 Å². The summed E-state index contributed by atoms with van der Waals surface area (Å²) in [5.41, 5.74) is 0. The molecule has 0 radical (unpaired) electrons. The quantitative estimate of drug-likeness (QED) is 0.307. The number of amides is 1. The van der Waals surface area contributed by atoms with Crippen molar-refractivity contribution in [2.45, 2.75) is 18.9 Å². The van der Waals surface area contributed by atoms with Crippen LogP contribution in [0.3, 0.4) is 0 Å². The second kappa shape index (κ2) is 9.10. The van der Waals surface area contributed by atoms with E-state index in [1.165, 1.54) is 0 Å². The van der Waals surface area contributed by atoms with E-state index in [1.54, 1.807) is 7.05 Å². The van der Waals surface area contributed by atoms with Gasteiger partial charge in [0, 0.05) is 39.8 Å². The number of guanidine groups is 1. The van der Waals surface area contributed by atoms with E-state index in [0.717, 1.165) is 31.9 Å². The van der Waals surface area contributed by atoms with Gasteiger partial charge in [-0.25, -0.2) is 0 Å². The summed E-state index contributed by atoms with van der Waals surface area (Å²) in [7, 11) is 1.74. The number of terminal acetylenes is 1. The van der Waals surface area contributed by atoms with Gasteiger partial charge in [-0.3, -0.25) is 9.79 Å². The largest absolute Gasteiger partial charge is 0.368 e. The number of carbonyl (C=O) groups is 1. The zero-order valence-corrected chi connectivity index (χ0v) is 14.7. The Morgan fingerprint density at radius 3 is 2.57 bits per heavy atom. The number of carbonyl (C=O) groups excluding carboxylic acids is 1. The summed E-state index contributed by atoms with van der Waals surface area (Å²) in [4.78, 5) is 20.4. The van der Waals surface area contributed by atoms with Crippen LogP contribution in [0.15, 0.2) is 4.99 Å². The minimum absolute atomic E-state index is 0. The van der Waals surface area contributed by atoms with Gasteiger partial charge >= 0.3 is 0 Å². The Morgan fingerprint density at radius 2 is 2.05 bits per heavy atom. The number of nitrogens with one attached hydrogen (secondary N) is 1. The molecule has 2 aliphatic rings. The van der Waals surface area contributed by atoms with E-state index in [2.05, 4.69) is 21.1 Å². The van der Waals surface area contributed by atoms with E-state index >= 15 is 0 Å². The smallest absolute Gasteiger partial charge is 0.251 e. The Labute approximate surface area is 143 Å². The van der Waals surface area contributed by atoms with E-state index in [1.807, 2.05) is 4.90 Å². The molecule has 0 aromatic rings. The molecule has 2 fully saturated rings. The molecule has 1 atom stereocenters. The molecule has 118 valence electrons. The Hall–Kier alpha value is -1.01. The third kappa shape index (κ3) is 4.74. The van der Waals surface area contributed by atoms with Gasteiger partial charge in [-0.1, -0.05) is 5.92 Å². The second-order valence-electron chi connectivity index (χ2n) is 4.92. The monoisotopic (exact) mass is 406 g/mol. The fraction of sp³-hybridized carbons (Fsp3) is 0.714. The number of hydrogen-bond donors (Lipinski definition) is 1. The van der Waals surface area contributed by atoms with Crippen LogP contribution in [0.2, 0.25) is 0 Å². The van der Waals surface area contributed by atoms with E-state index in [4.69, 9.17) is 11.2 Å². The molecule has 21 heavy (non-hydrogen) atoms. The van der Waals surface area contributed by atoms with Crippen LogP contribution in [0.1, 0.15) is 12.8 Å². The SMILES string of the molecule is C#CCNC(=NC)N1CCN(C(=O)C2CCCO2)CC1.I. The predicted molar refractivity (Wildman–Crippen MR) is 92.7 cm³/mol. The highest BCUT2D eigenvalue weighted by molar-refractivity contribution is 14.0. The highest BCUT2D eigenvalue weighted by Gasteiger charge is 2.30. The fourth-order valence-electron chi connectivity index (χ4n) is 2.58. The van der Waals surface area contributed by atoms with Crippen LogP contribution in [-0.2, 0) is 9.53 Å². The highest BCUT2D eigenvalue weighted by Crippen LogP contribution is 2.15. The summed E-state index contributed by atoms with van der Waals surface area (Å²) >= 11 is 0. The highest BCUT2D eigenvalue weighted by atomic mass is 127. The van der Waals surface area contributed by atoms with Gasteiger partial charge < -0.3 is 19.9 Å². The zero-order chi connectivity index (χ0) is 14.4. The first kappa shape index (κ1) is 18.0. The van der Waals surface area contributed by atoms with Crippen molar-refractivity contribution in [3.05, 3.63) is 0 Å². The number of ether oxygens (including phenoxy) is 1. The molecule has 2 heterocycles. The fourth-order valence-corrected chi connectivity index (χ4v) is 2.58. The van der Waals surface area contributed by atoms with Gasteiger partial charge in [-0.05, 0) is 12.8 Å². The minimum atomic E-state index is -0.222. The molecule has 0 aliphatic carbocycles. The predicted octanol–water partition coefficient (Wildman–Crippen LogP) is 0.136. The molecule has 1 amide bonds. The van der Waals surface area contributed by atoms with Gasteiger partial charge in [0.25, 0.3) is 5.91 Å². The van der Waals surface area contributed by atoms with Gasteiger partial charge in [0.05, 0.1) is 6.54 Å². The first-order chi connectivity index (χ1) is 9.76. The van der Waals surface area contributed by atoms with E-state index < -0.39 is 0 Å². The van der Waals surface area contributed by atoms with Crippen LogP contribution in [-0.4, -0.2) is 74.1 Å². The van der Waals surface area contributed by atoms with E-state index in [0.29, 0.717) is 26.2 Å². The maximum absolute atomic E-state index is 12.2. The molecular weight excluding hydrogens is 383 g/mol. The van der Waals surface area contributed by atoms with Crippen LogP contribution in [0.4, 0.5) is 0 Å². The van der Waals surface area contributed by atoms with Crippen LogP contribution in [0.5, 0.6) is 0 Å². The van der Waals surface area contributed by atoms with Crippen molar-refractivity contribution in [2.75, 3.05) is 46.4 Å². The number of nitrogens with zero attached hydrogens (tertiary/aromatic N) is 3. The molecular formula is C14H23IN4O2. The lowest BCUT2D eigenvalue weighted by atomic mass is 10.2. The van der Waals surface area contributed by atoms with Crippen molar-refractivity contribution in [2.24, 2.45) is 4.99 Å². The van der Waals surface area contributed by atoms with Crippen molar-refractivity contribution < 1.29 is 9.53 Å². The van der Waals surface area contributed by atoms with Crippen LogP contribution >= 0.6 is 24.0 Å². The Kier molecular flexibility index (Phi) is 7.82. The zero-order valence-electron chi connectivity index (χ0n) is 12.4. The van der Waals surface area contributed by atoms with Gasteiger partial charge in [-0.2, -0.15) is 0 Å². The van der Waals surface area contributed by atoms with Gasteiger partial charge in [0.2, 0.25) is 0 Å². The Balaban J connectivity index is 0.00000220. The molecule has 1 N–H and O–H groups in total. The summed E-state index contributed by atoms with van der Waals surface area (Å²) in [5, 5.41) is 3.10. The molecule has 0 aromatic heterocycles. The lowest BCUT2D eigenvalue weighted by Crippen LogP contribution is -2.55. The van der Waals surface area contributed by atoms with Crippen LogP contribution in [0, 0.1) is 12.3 Å². The molecule has 1 unspecified atom stereocenters. The lowest BCUT2D eigenvalue weighted by Gasteiger charge is -2.37. The molecule has 0 spiro atoms. The summed E-state index contributed by atoms with van der Waals surface area (Å²) in [6, 6.07) is 0. The normalized spacial score (nSPS) is 22.5. The summed E-state index contributed by atoms with van der Waals surface area (Å²) < 4.78 is 5.45. The molecule has 7 heteroatoms. The maximum atomic E-state index is 12.2. The third-order valence-electron chi connectivity index (χ3n) is 3.66. The molecule has 2 saturated heterocycles. The standard InChI is InChI=1S/C14H22N4O2.HI/c1-3-6-16-14(15-2)18-9-7-17(8-10-18)13(19)12-5-4-11-20-12;/h1,12H,4-11H2,2H3,(H,15,16);1H. The first-order valence-electron chi connectivity index (χ1n) is 7.05. The van der Waals surface area contributed by atoms with E-state index in [9.17, 15) is 4.79 Å². The molecule has 2 rings (SSSR count). The molecule has 0 bridgehead atoms. The van der Waals surface area contributed by atoms with Crippen LogP contribution in [0.25, 0.3) is 0 Å². The number of hydrogen-bond acceptors (Lipinski definition) is 3. The maximum Gasteiger partial charge on any atom is 0.251 e. The number of rotatable bonds is 2. The number of piperazine rings is 1. The Bertz CT molecular complexity index is 408. The summed E-state index contributed by atoms with van der Waals surface area (Å²) in [6.07, 6.45) is 6.85. The molecule has 6 nitrogen and oxygen atoms in total. The van der Waals surface area contributed by atoms with Crippen molar-refractivity contribution in [1.82, 2.24) is 15.1 Å². The molecule has 2 aliphatic heterocycles. The van der Waals surface area contributed by atoms with Crippen molar-refractivity contribution in [1.29, 1.82) is 0 Å². The topological polar surface area (TPSA) is 57.2 Å². The van der Waals surface area contributed by atoms with Gasteiger partial charge in [-0.15, -0.1) is 30.4 Å². The summed E-state index contributed by atoms with van der Waals surface area (Å²) in [6.45, 7) is 4.11. The van der Waals surface area contributed by atoms with Crippen molar-refractivity contribution >= 4 is 35.8 Å². The van der Waals surface area contributed by atoms with Crippen molar-refractivity contribution in [3.63, 3.8) is 0 Å². The first-order valence-corrected chi connectivity index (χ1v) is 7.05. The Morgan fingerprint density at radius 1 is 1.38 bits per heavy atom. The molecule has 0 aromatic carbocycles. The average Bonchev–Trinajstić information content (AvgIpc) is 3.02.